The first-order valence-corrected chi connectivity index (χ1v) is 8.85. The molecule has 1 atom stereocenters. The summed E-state index contributed by atoms with van der Waals surface area (Å²) in [5, 5.41) is 12.1. The summed E-state index contributed by atoms with van der Waals surface area (Å²) in [7, 11) is 0. The fraction of sp³-hybridized carbons (Fsp3) is 0.222. The van der Waals surface area contributed by atoms with Crippen LogP contribution in [0, 0.1) is 0 Å². The zero-order valence-corrected chi connectivity index (χ0v) is 16.0. The molecule has 0 unspecified atom stereocenters. The second-order valence-electron chi connectivity index (χ2n) is 5.77. The molecule has 2 aromatic rings. The summed E-state index contributed by atoms with van der Waals surface area (Å²) in [6.45, 7) is 0. The van der Waals surface area contributed by atoms with Crippen molar-refractivity contribution in [1.82, 2.24) is 5.32 Å². The third-order valence-electron chi connectivity index (χ3n) is 3.68. The lowest BCUT2D eigenvalue weighted by Gasteiger charge is -2.16. The predicted octanol–water partition coefficient (Wildman–Crippen LogP) is 4.48. The van der Waals surface area contributed by atoms with E-state index < -0.39 is 29.7 Å². The normalized spacial score (nSPS) is 12.5. The van der Waals surface area contributed by atoms with Gasteiger partial charge in [0.05, 0.1) is 12.0 Å². The number of hydrogen-bond donors (Lipinski definition) is 2. The second-order valence-corrected chi connectivity index (χ2v) is 7.06. The highest BCUT2D eigenvalue weighted by atomic mass is 79.9. The molecule has 4 nitrogen and oxygen atoms in total. The van der Waals surface area contributed by atoms with Gasteiger partial charge in [0.2, 0.25) is 5.91 Å². The van der Waals surface area contributed by atoms with Crippen LogP contribution >= 0.6 is 27.5 Å². The van der Waals surface area contributed by atoms with Crippen LogP contribution in [0.2, 0.25) is 5.02 Å². The van der Waals surface area contributed by atoms with Gasteiger partial charge in [-0.25, -0.2) is 4.79 Å². The molecule has 0 aliphatic heterocycles. The number of rotatable bonds is 6. The van der Waals surface area contributed by atoms with E-state index in [-0.39, 0.29) is 18.4 Å². The van der Waals surface area contributed by atoms with E-state index in [1.165, 1.54) is 12.1 Å². The van der Waals surface area contributed by atoms with Crippen molar-refractivity contribution in [3.63, 3.8) is 0 Å². The van der Waals surface area contributed by atoms with Crippen LogP contribution in [0.25, 0.3) is 0 Å². The van der Waals surface area contributed by atoms with Gasteiger partial charge in [-0.1, -0.05) is 45.7 Å². The molecule has 2 aromatic carbocycles. The van der Waals surface area contributed by atoms with Crippen molar-refractivity contribution < 1.29 is 27.9 Å². The number of nitrogens with one attached hydrogen (secondary N) is 1. The standard InChI is InChI=1S/C18H14BrClF3NO3/c19-14-5-4-13(20)8-11(14)9-15(17(26)27)24-16(25)7-10-2-1-3-12(6-10)18(21,22)23/h1-6,8,15H,7,9H2,(H,24,25)(H,26,27)/t15-/m0/s1. The number of carboxylic acids is 1. The maximum atomic E-state index is 12.7. The van der Waals surface area contributed by atoms with Crippen LogP contribution in [0.5, 0.6) is 0 Å². The molecule has 2 rings (SSSR count). The Morgan fingerprint density at radius 3 is 2.52 bits per heavy atom. The fourth-order valence-electron chi connectivity index (χ4n) is 2.41. The average molecular weight is 465 g/mol. The molecular weight excluding hydrogens is 451 g/mol. The van der Waals surface area contributed by atoms with E-state index in [4.69, 9.17) is 11.6 Å². The number of halogens is 5. The third-order valence-corrected chi connectivity index (χ3v) is 4.69. The van der Waals surface area contributed by atoms with Crippen LogP contribution in [-0.4, -0.2) is 23.0 Å². The zero-order chi connectivity index (χ0) is 20.2. The number of hydrogen-bond acceptors (Lipinski definition) is 2. The van der Waals surface area contributed by atoms with Gasteiger partial charge in [-0.05, 0) is 35.4 Å². The van der Waals surface area contributed by atoms with Crippen LogP contribution in [0.3, 0.4) is 0 Å². The number of benzene rings is 2. The molecule has 0 saturated carbocycles. The fourth-order valence-corrected chi connectivity index (χ4v) is 3.01. The zero-order valence-electron chi connectivity index (χ0n) is 13.7. The van der Waals surface area contributed by atoms with Crippen LogP contribution in [-0.2, 0) is 28.6 Å². The van der Waals surface area contributed by atoms with Gasteiger partial charge in [0.15, 0.2) is 0 Å². The number of aliphatic carboxylic acids is 1. The number of amides is 1. The van der Waals surface area contributed by atoms with Crippen molar-refractivity contribution in [2.45, 2.75) is 25.1 Å². The molecule has 0 radical (unpaired) electrons. The van der Waals surface area contributed by atoms with Gasteiger partial charge in [-0.3, -0.25) is 4.79 Å². The molecule has 9 heteroatoms. The Balaban J connectivity index is 2.09. The summed E-state index contributed by atoms with van der Waals surface area (Å²) in [5.74, 6) is -1.96. The van der Waals surface area contributed by atoms with E-state index in [1.807, 2.05) is 0 Å². The van der Waals surface area contributed by atoms with E-state index in [0.717, 1.165) is 12.1 Å². The third kappa shape index (κ3) is 6.25. The van der Waals surface area contributed by atoms with E-state index in [1.54, 1.807) is 18.2 Å². The van der Waals surface area contributed by atoms with E-state index in [0.29, 0.717) is 15.1 Å². The van der Waals surface area contributed by atoms with Gasteiger partial charge in [0.25, 0.3) is 0 Å². The average Bonchev–Trinajstić information content (AvgIpc) is 2.56. The Morgan fingerprint density at radius 1 is 1.19 bits per heavy atom. The lowest BCUT2D eigenvalue weighted by Crippen LogP contribution is -2.43. The molecule has 0 fully saturated rings. The molecule has 1 amide bonds. The highest BCUT2D eigenvalue weighted by molar-refractivity contribution is 9.10. The first-order chi connectivity index (χ1) is 12.6. The van der Waals surface area contributed by atoms with E-state index in [2.05, 4.69) is 21.2 Å². The molecule has 0 aliphatic carbocycles. The Labute approximate surface area is 166 Å². The number of carbonyl (C=O) groups is 2. The van der Waals surface area contributed by atoms with Crippen molar-refractivity contribution in [2.24, 2.45) is 0 Å². The molecule has 0 bridgehead atoms. The molecular formula is C18H14BrClF3NO3. The number of alkyl halides is 3. The molecule has 0 aliphatic rings. The monoisotopic (exact) mass is 463 g/mol. The Hall–Kier alpha value is -2.06. The summed E-state index contributed by atoms with van der Waals surface area (Å²) < 4.78 is 38.9. The van der Waals surface area contributed by atoms with Crippen molar-refractivity contribution in [3.05, 3.63) is 68.7 Å². The summed E-state index contributed by atoms with van der Waals surface area (Å²) in [6.07, 6.45) is -4.93. The van der Waals surface area contributed by atoms with Gasteiger partial charge in [-0.15, -0.1) is 0 Å². The predicted molar refractivity (Wildman–Crippen MR) is 97.6 cm³/mol. The summed E-state index contributed by atoms with van der Waals surface area (Å²) in [6, 6.07) is 7.93. The molecule has 2 N–H and O–H groups in total. The van der Waals surface area contributed by atoms with Crippen LogP contribution < -0.4 is 5.32 Å². The minimum Gasteiger partial charge on any atom is -0.480 e. The van der Waals surface area contributed by atoms with Gasteiger partial charge in [0, 0.05) is 15.9 Å². The minimum atomic E-state index is -4.52. The quantitative estimate of drug-likeness (QED) is 0.663. The van der Waals surface area contributed by atoms with Gasteiger partial charge >= 0.3 is 12.1 Å². The Kier molecular flexibility index (Phi) is 6.89. The van der Waals surface area contributed by atoms with Gasteiger partial charge < -0.3 is 10.4 Å². The molecule has 144 valence electrons. The first kappa shape index (κ1) is 21.2. The number of carboxylic acid groups (broad SMARTS) is 1. The largest absolute Gasteiger partial charge is 0.480 e. The second kappa shape index (κ2) is 8.75. The van der Waals surface area contributed by atoms with Gasteiger partial charge in [0.1, 0.15) is 6.04 Å². The van der Waals surface area contributed by atoms with Crippen LogP contribution in [0.4, 0.5) is 13.2 Å². The maximum absolute atomic E-state index is 12.7. The minimum absolute atomic E-state index is 0.0369. The summed E-state index contributed by atoms with van der Waals surface area (Å²) >= 11 is 9.18. The Bertz CT molecular complexity index is 858. The van der Waals surface area contributed by atoms with Crippen molar-refractivity contribution >= 4 is 39.4 Å². The molecule has 27 heavy (non-hydrogen) atoms. The molecule has 0 heterocycles. The van der Waals surface area contributed by atoms with E-state index >= 15 is 0 Å². The molecule has 0 saturated heterocycles. The van der Waals surface area contributed by atoms with Crippen LogP contribution in [0.15, 0.2) is 46.9 Å². The van der Waals surface area contributed by atoms with Crippen LogP contribution in [0.1, 0.15) is 16.7 Å². The number of carbonyl (C=O) groups excluding carboxylic acids is 1. The highest BCUT2D eigenvalue weighted by Crippen LogP contribution is 2.29. The SMILES string of the molecule is O=C(Cc1cccc(C(F)(F)F)c1)N[C@@H](Cc1cc(Cl)ccc1Br)C(=O)O. The van der Waals surface area contributed by atoms with Crippen molar-refractivity contribution in [2.75, 3.05) is 0 Å². The van der Waals surface area contributed by atoms with E-state index in [9.17, 15) is 27.9 Å². The maximum Gasteiger partial charge on any atom is 0.416 e. The lowest BCUT2D eigenvalue weighted by atomic mass is 10.0. The van der Waals surface area contributed by atoms with Crippen molar-refractivity contribution in [3.8, 4) is 0 Å². The first-order valence-electron chi connectivity index (χ1n) is 7.68. The molecule has 0 aromatic heterocycles. The summed E-state index contributed by atoms with van der Waals surface area (Å²) in [5.41, 5.74) is -0.157. The topological polar surface area (TPSA) is 66.4 Å². The highest BCUT2D eigenvalue weighted by Gasteiger charge is 2.30. The Morgan fingerprint density at radius 2 is 1.89 bits per heavy atom. The van der Waals surface area contributed by atoms with Crippen molar-refractivity contribution in [1.29, 1.82) is 0 Å². The molecule has 0 spiro atoms. The summed E-state index contributed by atoms with van der Waals surface area (Å²) in [4.78, 5) is 23.6. The smallest absolute Gasteiger partial charge is 0.416 e. The van der Waals surface area contributed by atoms with Gasteiger partial charge in [-0.2, -0.15) is 13.2 Å². The lowest BCUT2D eigenvalue weighted by molar-refractivity contribution is -0.141.